The van der Waals surface area contributed by atoms with E-state index in [0.717, 1.165) is 45.2 Å². The average Bonchev–Trinajstić information content (AvgIpc) is 3.07. The topological polar surface area (TPSA) is 75.7 Å². The number of anilines is 1. The first-order valence-electron chi connectivity index (χ1n) is 10.7. The van der Waals surface area contributed by atoms with Crippen molar-refractivity contribution in [2.75, 3.05) is 11.9 Å². The molecule has 0 saturated carbocycles. The molecule has 1 saturated heterocycles. The maximum Gasteiger partial charge on any atom is 0.294 e. The fourth-order valence-electron chi connectivity index (χ4n) is 3.41. The third-order valence-electron chi connectivity index (χ3n) is 5.33. The van der Waals surface area contributed by atoms with Gasteiger partial charge in [0.2, 0.25) is 5.91 Å². The zero-order chi connectivity index (χ0) is 23.4. The van der Waals surface area contributed by atoms with Gasteiger partial charge < -0.3 is 10.1 Å². The molecule has 1 aliphatic heterocycles. The third kappa shape index (κ3) is 5.26. The number of thioether (sulfide) groups is 1. The van der Waals surface area contributed by atoms with Crippen molar-refractivity contribution >= 4 is 51.4 Å². The van der Waals surface area contributed by atoms with E-state index < -0.39 is 17.1 Å². The Morgan fingerprint density at radius 1 is 1.06 bits per heavy atom. The minimum absolute atomic E-state index is 0.118. The quantitative estimate of drug-likeness (QED) is 0.458. The lowest BCUT2D eigenvalue weighted by atomic mass is 10.1. The summed E-state index contributed by atoms with van der Waals surface area (Å²) in [5, 5.41) is 4.24. The van der Waals surface area contributed by atoms with Crippen molar-refractivity contribution in [2.24, 2.45) is 0 Å². The number of nitrogens with zero attached hydrogens (tertiary/aromatic N) is 1. The average molecular weight is 461 g/mol. The lowest BCUT2D eigenvalue weighted by molar-refractivity contribution is -0.127. The summed E-state index contributed by atoms with van der Waals surface area (Å²) in [5.41, 5.74) is 1.41. The number of hydrogen-bond donors (Lipinski definition) is 1. The summed E-state index contributed by atoms with van der Waals surface area (Å²) in [6, 6.07) is 20.6. The molecule has 7 heteroatoms. The van der Waals surface area contributed by atoms with E-state index in [-0.39, 0.29) is 17.6 Å². The third-order valence-corrected chi connectivity index (χ3v) is 6.24. The van der Waals surface area contributed by atoms with Gasteiger partial charge in [0.05, 0.1) is 11.0 Å². The molecular formula is C26H24N2O4S. The fourth-order valence-corrected chi connectivity index (χ4v) is 4.25. The largest absolute Gasteiger partial charge is 0.491 e. The molecule has 0 bridgehead atoms. The Hall–Kier alpha value is -3.58. The van der Waals surface area contributed by atoms with Crippen molar-refractivity contribution in [1.29, 1.82) is 0 Å². The maximum absolute atomic E-state index is 12.8. The minimum Gasteiger partial charge on any atom is -0.491 e. The summed E-state index contributed by atoms with van der Waals surface area (Å²) in [6.07, 6.45) is 2.68. The molecule has 0 aromatic heterocycles. The van der Waals surface area contributed by atoms with Crippen LogP contribution in [0.1, 0.15) is 25.8 Å². The molecule has 1 heterocycles. The van der Waals surface area contributed by atoms with Gasteiger partial charge in [-0.05, 0) is 60.3 Å². The summed E-state index contributed by atoms with van der Waals surface area (Å²) < 4.78 is 5.76. The van der Waals surface area contributed by atoms with E-state index in [4.69, 9.17) is 4.74 Å². The first-order valence-corrected chi connectivity index (χ1v) is 11.6. The number of hydrogen-bond acceptors (Lipinski definition) is 5. The van der Waals surface area contributed by atoms with Crippen LogP contribution >= 0.6 is 11.8 Å². The number of imide groups is 1. The van der Waals surface area contributed by atoms with Crippen LogP contribution in [-0.4, -0.2) is 34.6 Å². The highest BCUT2D eigenvalue weighted by Crippen LogP contribution is 2.32. The number of fused-ring (bicyclic) bond motifs is 1. The normalized spacial score (nSPS) is 15.8. The highest BCUT2D eigenvalue weighted by molar-refractivity contribution is 8.18. The SMILES string of the molecule is CC[C@@H](C)Oc1ccc(/C=C2\SC(=O)N(CC(=O)Nc3cccc4ccccc34)C2=O)cc1. The number of carbonyl (C=O) groups is 3. The van der Waals surface area contributed by atoms with Gasteiger partial charge in [-0.3, -0.25) is 19.3 Å². The molecule has 0 radical (unpaired) electrons. The van der Waals surface area contributed by atoms with E-state index in [1.54, 1.807) is 12.1 Å². The van der Waals surface area contributed by atoms with Crippen LogP contribution in [0.15, 0.2) is 71.6 Å². The molecule has 3 aromatic carbocycles. The van der Waals surface area contributed by atoms with Crippen molar-refractivity contribution in [3.05, 3.63) is 77.2 Å². The zero-order valence-electron chi connectivity index (χ0n) is 18.4. The number of nitrogens with one attached hydrogen (secondary N) is 1. The maximum atomic E-state index is 12.8. The minimum atomic E-state index is -0.474. The van der Waals surface area contributed by atoms with Crippen LogP contribution in [0.3, 0.4) is 0 Å². The summed E-state index contributed by atoms with van der Waals surface area (Å²) in [5.74, 6) is -0.154. The first-order chi connectivity index (χ1) is 15.9. The molecule has 3 amide bonds. The molecule has 1 fully saturated rings. The van der Waals surface area contributed by atoms with Crippen LogP contribution in [0.5, 0.6) is 5.75 Å². The predicted molar refractivity (Wildman–Crippen MR) is 132 cm³/mol. The van der Waals surface area contributed by atoms with E-state index >= 15 is 0 Å². The van der Waals surface area contributed by atoms with E-state index in [0.29, 0.717) is 5.69 Å². The molecule has 1 atom stereocenters. The zero-order valence-corrected chi connectivity index (χ0v) is 19.2. The lowest BCUT2D eigenvalue weighted by Crippen LogP contribution is -2.36. The number of benzene rings is 3. The molecule has 6 nitrogen and oxygen atoms in total. The van der Waals surface area contributed by atoms with Crippen LogP contribution in [0.4, 0.5) is 10.5 Å². The van der Waals surface area contributed by atoms with Crippen molar-refractivity contribution in [2.45, 2.75) is 26.4 Å². The second kappa shape index (κ2) is 9.92. The molecule has 33 heavy (non-hydrogen) atoms. The Kier molecular flexibility index (Phi) is 6.79. The lowest BCUT2D eigenvalue weighted by Gasteiger charge is -2.13. The van der Waals surface area contributed by atoms with Gasteiger partial charge in [0.25, 0.3) is 11.1 Å². The van der Waals surface area contributed by atoms with Gasteiger partial charge in [-0.1, -0.05) is 55.5 Å². The number of rotatable bonds is 7. The van der Waals surface area contributed by atoms with Gasteiger partial charge in [-0.2, -0.15) is 0 Å². The summed E-state index contributed by atoms with van der Waals surface area (Å²) in [7, 11) is 0. The second-order valence-corrected chi connectivity index (χ2v) is 8.74. The molecule has 1 N–H and O–H groups in total. The smallest absolute Gasteiger partial charge is 0.294 e. The monoisotopic (exact) mass is 460 g/mol. The van der Waals surface area contributed by atoms with Crippen LogP contribution in [-0.2, 0) is 9.59 Å². The Morgan fingerprint density at radius 2 is 1.79 bits per heavy atom. The van der Waals surface area contributed by atoms with Gasteiger partial charge in [-0.15, -0.1) is 0 Å². The summed E-state index contributed by atoms with van der Waals surface area (Å²) in [6.45, 7) is 3.71. The molecule has 0 spiro atoms. The second-order valence-electron chi connectivity index (χ2n) is 7.75. The van der Waals surface area contributed by atoms with Crippen LogP contribution in [0.25, 0.3) is 16.8 Å². The van der Waals surface area contributed by atoms with Crippen molar-refractivity contribution < 1.29 is 19.1 Å². The van der Waals surface area contributed by atoms with Crippen LogP contribution < -0.4 is 10.1 Å². The number of carbonyl (C=O) groups excluding carboxylic acids is 3. The molecule has 0 aliphatic carbocycles. The highest BCUT2D eigenvalue weighted by Gasteiger charge is 2.36. The van der Waals surface area contributed by atoms with E-state index in [9.17, 15) is 14.4 Å². The Bertz CT molecular complexity index is 1230. The summed E-state index contributed by atoms with van der Waals surface area (Å²) >= 11 is 0.833. The molecule has 0 unspecified atom stereocenters. The van der Waals surface area contributed by atoms with Gasteiger partial charge in [-0.25, -0.2) is 0 Å². The Morgan fingerprint density at radius 3 is 2.55 bits per heavy atom. The fraction of sp³-hybridized carbons (Fsp3) is 0.192. The Balaban J connectivity index is 1.43. The van der Waals surface area contributed by atoms with Crippen LogP contribution in [0.2, 0.25) is 0 Å². The summed E-state index contributed by atoms with van der Waals surface area (Å²) in [4.78, 5) is 39.1. The van der Waals surface area contributed by atoms with Crippen LogP contribution in [0, 0.1) is 0 Å². The Labute approximate surface area is 196 Å². The highest BCUT2D eigenvalue weighted by atomic mass is 32.2. The standard InChI is InChI=1S/C26H24N2O4S/c1-3-17(2)32-20-13-11-18(12-14-20)15-23-25(30)28(26(31)33-23)16-24(29)27-22-10-6-8-19-7-4-5-9-21(19)22/h4-15,17H,3,16H2,1-2H3,(H,27,29)/b23-15-/t17-/m1/s1. The van der Waals surface area contributed by atoms with E-state index in [2.05, 4.69) is 12.2 Å². The van der Waals surface area contributed by atoms with Gasteiger partial charge in [0.1, 0.15) is 12.3 Å². The van der Waals surface area contributed by atoms with Crippen molar-refractivity contribution in [1.82, 2.24) is 4.90 Å². The van der Waals surface area contributed by atoms with Crippen molar-refractivity contribution in [3.8, 4) is 5.75 Å². The molecular weight excluding hydrogens is 436 g/mol. The molecule has 1 aliphatic rings. The molecule has 168 valence electrons. The first kappa shape index (κ1) is 22.6. The molecule has 3 aromatic rings. The van der Waals surface area contributed by atoms with E-state index in [1.165, 1.54) is 0 Å². The van der Waals surface area contributed by atoms with E-state index in [1.807, 2.05) is 67.6 Å². The molecule has 4 rings (SSSR count). The predicted octanol–water partition coefficient (Wildman–Crippen LogP) is 5.69. The van der Waals surface area contributed by atoms with Gasteiger partial charge in [0, 0.05) is 11.1 Å². The number of ether oxygens (including phenoxy) is 1. The van der Waals surface area contributed by atoms with Gasteiger partial charge >= 0.3 is 0 Å². The number of amides is 3. The van der Waals surface area contributed by atoms with Crippen molar-refractivity contribution in [3.63, 3.8) is 0 Å². The van der Waals surface area contributed by atoms with Gasteiger partial charge in [0.15, 0.2) is 0 Å².